The summed E-state index contributed by atoms with van der Waals surface area (Å²) >= 11 is 0. The molecule has 4 aromatic carbocycles. The van der Waals surface area contributed by atoms with Gasteiger partial charge in [0.1, 0.15) is 0 Å². The third kappa shape index (κ3) is 22.6. The zero-order valence-electron chi connectivity index (χ0n) is 31.3. The summed E-state index contributed by atoms with van der Waals surface area (Å²) in [6, 6.07) is 42.6. The second-order valence-electron chi connectivity index (χ2n) is 12.6. The zero-order valence-corrected chi connectivity index (χ0v) is 38.1. The van der Waals surface area contributed by atoms with Gasteiger partial charge in [0.2, 0.25) is 0 Å². The maximum absolute atomic E-state index is 6.15. The number of hydrogen-bond donors (Lipinski definition) is 6. The van der Waals surface area contributed by atoms with E-state index in [9.17, 15) is 0 Å². The van der Waals surface area contributed by atoms with Crippen LogP contribution in [-0.2, 0) is 0 Å². The first-order valence-corrected chi connectivity index (χ1v) is 18.4. The van der Waals surface area contributed by atoms with E-state index in [1.165, 1.54) is 22.3 Å². The fraction of sp³-hybridized carbons (Fsp3) is 0.395. The number of rotatable bonds is 23. The van der Waals surface area contributed by atoms with Crippen molar-refractivity contribution in [3.8, 4) is 0 Å². The van der Waals surface area contributed by atoms with Gasteiger partial charge in [-0.3, -0.25) is 9.98 Å². The van der Waals surface area contributed by atoms with Gasteiger partial charge in [-0.05, 0) is 87.0 Å². The molecule has 4 rings (SSSR count). The van der Waals surface area contributed by atoms with E-state index >= 15 is 0 Å². The smallest absolute Gasteiger partial charge is 0.188 e. The fourth-order valence-electron chi connectivity index (χ4n) is 6.15. The third-order valence-electron chi connectivity index (χ3n) is 8.83. The van der Waals surface area contributed by atoms with Crippen molar-refractivity contribution in [3.05, 3.63) is 144 Å². The number of benzene rings is 4. The summed E-state index contributed by atoms with van der Waals surface area (Å²) in [5.74, 6) is 1.70. The molecule has 0 amide bonds. The van der Waals surface area contributed by atoms with Crippen LogP contribution in [0.1, 0.15) is 80.0 Å². The Morgan fingerprint density at radius 2 is 0.691 bits per heavy atom. The molecule has 0 saturated heterocycles. The van der Waals surface area contributed by atoms with Crippen molar-refractivity contribution >= 4 is 79.8 Å². The Kier molecular flexibility index (Phi) is 34.1. The van der Waals surface area contributed by atoms with Gasteiger partial charge in [-0.25, -0.2) is 0 Å². The highest BCUT2D eigenvalue weighted by atomic mass is 79.9. The predicted molar refractivity (Wildman–Crippen MR) is 260 cm³/mol. The predicted octanol–water partition coefficient (Wildman–Crippen LogP) is 8.93. The van der Waals surface area contributed by atoms with Crippen LogP contribution in [0.15, 0.2) is 131 Å². The molecular formula is C43H66Br4N8. The van der Waals surface area contributed by atoms with E-state index in [-0.39, 0.29) is 75.4 Å². The largest absolute Gasteiger partial charge is 0.370 e. The highest BCUT2D eigenvalue weighted by Crippen LogP contribution is 2.28. The molecule has 8 nitrogen and oxygen atoms in total. The van der Waals surface area contributed by atoms with Gasteiger partial charge in [-0.1, -0.05) is 129 Å². The first kappa shape index (κ1) is 54.4. The lowest BCUT2D eigenvalue weighted by Crippen LogP contribution is -2.33. The van der Waals surface area contributed by atoms with Crippen LogP contribution in [0.25, 0.3) is 0 Å². The topological polar surface area (TPSA) is 125 Å². The lowest BCUT2D eigenvalue weighted by Gasteiger charge is -2.18. The van der Waals surface area contributed by atoms with E-state index < -0.39 is 0 Å². The van der Waals surface area contributed by atoms with Crippen molar-refractivity contribution in [2.45, 2.75) is 57.8 Å². The second kappa shape index (κ2) is 34.5. The van der Waals surface area contributed by atoms with Gasteiger partial charge in [0, 0.05) is 38.0 Å². The van der Waals surface area contributed by atoms with Crippen LogP contribution in [0.2, 0.25) is 0 Å². The molecule has 0 atom stereocenters. The fourth-order valence-corrected chi connectivity index (χ4v) is 6.15. The van der Waals surface area contributed by atoms with E-state index in [4.69, 9.17) is 11.5 Å². The Morgan fingerprint density at radius 1 is 0.418 bits per heavy atom. The standard InChI is InChI=1S/C42H58N8.CH4.4BrH/c43-41(49-33-25-39(35-17-5-1-6-18-35)36-19-7-2-8-20-36)47-31-15-29-45-27-13-14-28-46-30-16-32-48-42(44)50-34-26-40(37-21-9-3-10-22-37)38-23-11-4-12-24-38;;;;;/h1-12,17-24,39-40,45-46H,13-16,25-34H2,(H3,43,47,49)(H3,44,48,50);1H4;4*1H. The summed E-state index contributed by atoms with van der Waals surface area (Å²) < 4.78 is 0. The zero-order chi connectivity index (χ0) is 34.9. The molecule has 0 spiro atoms. The van der Waals surface area contributed by atoms with E-state index in [1.54, 1.807) is 0 Å². The number of aliphatic imine (C=N–C) groups is 2. The van der Waals surface area contributed by atoms with Gasteiger partial charge in [-0.15, -0.1) is 67.9 Å². The number of nitrogens with one attached hydrogen (secondary N) is 4. The number of nitrogens with two attached hydrogens (primary N) is 2. The van der Waals surface area contributed by atoms with Crippen LogP contribution >= 0.6 is 67.9 Å². The Bertz CT molecular complexity index is 1310. The quantitative estimate of drug-likeness (QED) is 0.0251. The molecule has 8 N–H and O–H groups in total. The number of hydrogen-bond acceptors (Lipinski definition) is 4. The molecule has 0 fully saturated rings. The lowest BCUT2D eigenvalue weighted by molar-refractivity contribution is 0.570. The van der Waals surface area contributed by atoms with Crippen molar-refractivity contribution in [2.24, 2.45) is 21.5 Å². The van der Waals surface area contributed by atoms with Crippen molar-refractivity contribution in [2.75, 3.05) is 52.4 Å². The first-order valence-electron chi connectivity index (χ1n) is 18.4. The Hall–Kier alpha value is -2.74. The summed E-state index contributed by atoms with van der Waals surface area (Å²) in [5.41, 5.74) is 17.6. The molecular weight excluding hydrogens is 948 g/mol. The lowest BCUT2D eigenvalue weighted by atomic mass is 9.88. The molecule has 0 unspecified atom stereocenters. The van der Waals surface area contributed by atoms with E-state index in [0.29, 0.717) is 23.8 Å². The first-order chi connectivity index (χ1) is 24.7. The Labute approximate surface area is 373 Å². The van der Waals surface area contributed by atoms with Gasteiger partial charge in [0.15, 0.2) is 11.9 Å². The molecule has 0 saturated carbocycles. The van der Waals surface area contributed by atoms with Crippen LogP contribution < -0.4 is 32.7 Å². The summed E-state index contributed by atoms with van der Waals surface area (Å²) in [6.45, 7) is 6.92. The SMILES string of the molecule is Br.Br.Br.Br.C.NC(=NCCCNCCCCNCCCN=C(N)NCCC(c1ccccc1)c1ccccc1)NCCC(c1ccccc1)c1ccccc1. The Morgan fingerprint density at radius 3 is 0.982 bits per heavy atom. The minimum Gasteiger partial charge on any atom is -0.370 e. The molecule has 0 bridgehead atoms. The minimum atomic E-state index is 0. The van der Waals surface area contributed by atoms with E-state index in [2.05, 4.69) is 153 Å². The molecule has 4 aromatic rings. The molecule has 0 aromatic heterocycles. The molecule has 0 radical (unpaired) electrons. The molecule has 55 heavy (non-hydrogen) atoms. The molecule has 0 aliphatic rings. The average Bonchev–Trinajstić information content (AvgIpc) is 3.16. The van der Waals surface area contributed by atoms with Crippen LogP contribution in [0.4, 0.5) is 0 Å². The maximum Gasteiger partial charge on any atom is 0.188 e. The Balaban J connectivity index is 0. The molecule has 0 aliphatic heterocycles. The summed E-state index contributed by atoms with van der Waals surface area (Å²) in [5, 5.41) is 13.7. The molecule has 0 aliphatic carbocycles. The van der Waals surface area contributed by atoms with Crippen LogP contribution in [0, 0.1) is 0 Å². The monoisotopic (exact) mass is 1010 g/mol. The molecule has 306 valence electrons. The van der Waals surface area contributed by atoms with Crippen LogP contribution in [0.3, 0.4) is 0 Å². The summed E-state index contributed by atoms with van der Waals surface area (Å²) in [6.07, 6.45) is 6.13. The van der Waals surface area contributed by atoms with Crippen molar-refractivity contribution in [3.63, 3.8) is 0 Å². The minimum absolute atomic E-state index is 0. The number of nitrogens with zero attached hydrogens (tertiary/aromatic N) is 2. The van der Waals surface area contributed by atoms with Gasteiger partial charge < -0.3 is 32.7 Å². The van der Waals surface area contributed by atoms with Gasteiger partial charge >= 0.3 is 0 Å². The van der Waals surface area contributed by atoms with Crippen molar-refractivity contribution in [1.82, 2.24) is 21.3 Å². The van der Waals surface area contributed by atoms with Gasteiger partial charge in [0.25, 0.3) is 0 Å². The average molecular weight is 1010 g/mol. The number of guanidine groups is 2. The second-order valence-corrected chi connectivity index (χ2v) is 12.6. The van der Waals surface area contributed by atoms with Crippen LogP contribution in [-0.4, -0.2) is 64.3 Å². The summed E-state index contributed by atoms with van der Waals surface area (Å²) in [7, 11) is 0. The summed E-state index contributed by atoms with van der Waals surface area (Å²) in [4.78, 5) is 9.03. The number of halogens is 4. The van der Waals surface area contributed by atoms with Gasteiger partial charge in [-0.2, -0.15) is 0 Å². The highest BCUT2D eigenvalue weighted by Gasteiger charge is 2.14. The molecule has 12 heteroatoms. The van der Waals surface area contributed by atoms with Crippen molar-refractivity contribution < 1.29 is 0 Å². The maximum atomic E-state index is 6.15. The van der Waals surface area contributed by atoms with E-state index in [1.807, 2.05) is 0 Å². The normalized spacial score (nSPS) is 10.9. The molecule has 0 heterocycles. The highest BCUT2D eigenvalue weighted by molar-refractivity contribution is 8.93. The number of unbranched alkanes of at least 4 members (excludes halogenated alkanes) is 1. The van der Waals surface area contributed by atoms with Gasteiger partial charge in [0.05, 0.1) is 0 Å². The van der Waals surface area contributed by atoms with Crippen molar-refractivity contribution in [1.29, 1.82) is 0 Å². The van der Waals surface area contributed by atoms with E-state index in [0.717, 1.165) is 90.9 Å². The third-order valence-corrected chi connectivity index (χ3v) is 8.83. The van der Waals surface area contributed by atoms with Crippen LogP contribution in [0.5, 0.6) is 0 Å².